The molecule has 122 valence electrons. The molecular weight excluding hydrogens is 306 g/mol. The van der Waals surface area contributed by atoms with Gasteiger partial charge >= 0.3 is 0 Å². The van der Waals surface area contributed by atoms with Gasteiger partial charge in [0.25, 0.3) is 0 Å². The van der Waals surface area contributed by atoms with Crippen molar-refractivity contribution >= 4 is 24.2 Å². The van der Waals surface area contributed by atoms with E-state index in [1.165, 1.54) is 0 Å². The lowest BCUT2D eigenvalue weighted by Crippen LogP contribution is -2.56. The molecule has 1 heterocycles. The van der Waals surface area contributed by atoms with E-state index in [1.807, 2.05) is 30.3 Å². The summed E-state index contributed by atoms with van der Waals surface area (Å²) in [5.41, 5.74) is 6.40. The van der Waals surface area contributed by atoms with Crippen molar-refractivity contribution in [2.45, 2.75) is 19.0 Å². The molecule has 1 fully saturated rings. The van der Waals surface area contributed by atoms with E-state index in [0.29, 0.717) is 26.1 Å². The molecule has 6 nitrogen and oxygen atoms in total. The van der Waals surface area contributed by atoms with E-state index in [0.717, 1.165) is 5.56 Å². The standard InChI is InChI=1S/C15H21N3O3.ClH/c16-7-4-8-17-15(20)13-10-21-11-14(19)18(13)9-12-5-2-1-3-6-12;/h1-3,5-6,13H,4,7-11,16H2,(H,17,20);1H/t13-;/m1./s1. The van der Waals surface area contributed by atoms with Gasteiger partial charge in [0.05, 0.1) is 6.61 Å². The second-order valence-electron chi connectivity index (χ2n) is 4.97. The summed E-state index contributed by atoms with van der Waals surface area (Å²) in [6.07, 6.45) is 0.714. The van der Waals surface area contributed by atoms with Crippen LogP contribution < -0.4 is 11.1 Å². The number of nitrogens with one attached hydrogen (secondary N) is 1. The molecule has 2 rings (SSSR count). The Morgan fingerprint density at radius 2 is 2.09 bits per heavy atom. The van der Waals surface area contributed by atoms with Crippen LogP contribution >= 0.6 is 12.4 Å². The largest absolute Gasteiger partial charge is 0.369 e. The van der Waals surface area contributed by atoms with E-state index < -0.39 is 6.04 Å². The first kappa shape index (κ1) is 18.4. The molecule has 0 unspecified atom stereocenters. The van der Waals surface area contributed by atoms with Gasteiger partial charge in [-0.1, -0.05) is 30.3 Å². The van der Waals surface area contributed by atoms with Gasteiger partial charge in [0.15, 0.2) is 0 Å². The van der Waals surface area contributed by atoms with Crippen LogP contribution in [0, 0.1) is 0 Å². The predicted octanol–water partition coefficient (Wildman–Crippen LogP) is 0.301. The highest BCUT2D eigenvalue weighted by molar-refractivity contribution is 5.89. The Labute approximate surface area is 136 Å². The van der Waals surface area contributed by atoms with Crippen molar-refractivity contribution in [1.82, 2.24) is 10.2 Å². The van der Waals surface area contributed by atoms with Crippen molar-refractivity contribution in [3.8, 4) is 0 Å². The van der Waals surface area contributed by atoms with Crippen LogP contribution in [-0.2, 0) is 20.9 Å². The van der Waals surface area contributed by atoms with E-state index in [9.17, 15) is 9.59 Å². The second-order valence-corrected chi connectivity index (χ2v) is 4.97. The third-order valence-corrected chi connectivity index (χ3v) is 3.38. The highest BCUT2D eigenvalue weighted by atomic mass is 35.5. The fraction of sp³-hybridized carbons (Fsp3) is 0.467. The molecule has 22 heavy (non-hydrogen) atoms. The summed E-state index contributed by atoms with van der Waals surface area (Å²) in [6.45, 7) is 1.71. The van der Waals surface area contributed by atoms with Gasteiger partial charge in [-0.05, 0) is 18.5 Å². The molecule has 1 aliphatic rings. The lowest BCUT2D eigenvalue weighted by Gasteiger charge is -2.34. The van der Waals surface area contributed by atoms with Crippen LogP contribution in [0.3, 0.4) is 0 Å². The molecule has 1 aliphatic heterocycles. The summed E-state index contributed by atoms with van der Waals surface area (Å²) in [5, 5.41) is 2.80. The van der Waals surface area contributed by atoms with Gasteiger partial charge in [0.2, 0.25) is 11.8 Å². The summed E-state index contributed by atoms with van der Waals surface area (Å²) in [4.78, 5) is 25.8. The van der Waals surface area contributed by atoms with E-state index in [-0.39, 0.29) is 37.4 Å². The maximum atomic E-state index is 12.2. The topological polar surface area (TPSA) is 84.7 Å². The first-order valence-electron chi connectivity index (χ1n) is 7.11. The molecule has 0 aromatic heterocycles. The molecule has 0 radical (unpaired) electrons. The minimum atomic E-state index is -0.579. The van der Waals surface area contributed by atoms with E-state index in [2.05, 4.69) is 5.32 Å². The van der Waals surface area contributed by atoms with Crippen LogP contribution in [0.25, 0.3) is 0 Å². The second kappa shape index (κ2) is 9.40. The number of rotatable bonds is 6. The lowest BCUT2D eigenvalue weighted by molar-refractivity contribution is -0.155. The number of nitrogens with zero attached hydrogens (tertiary/aromatic N) is 1. The zero-order valence-electron chi connectivity index (χ0n) is 12.4. The fourth-order valence-corrected chi connectivity index (χ4v) is 2.23. The molecule has 0 bridgehead atoms. The van der Waals surface area contributed by atoms with Crippen molar-refractivity contribution in [3.05, 3.63) is 35.9 Å². The summed E-state index contributed by atoms with van der Waals surface area (Å²) in [6, 6.07) is 9.04. The van der Waals surface area contributed by atoms with Crippen LogP contribution in [0.2, 0.25) is 0 Å². The maximum Gasteiger partial charge on any atom is 0.249 e. The zero-order chi connectivity index (χ0) is 15.1. The number of carbonyl (C=O) groups is 2. The van der Waals surface area contributed by atoms with Crippen molar-refractivity contribution in [2.75, 3.05) is 26.3 Å². The normalized spacial score (nSPS) is 17.8. The molecule has 7 heteroatoms. The third-order valence-electron chi connectivity index (χ3n) is 3.38. The quantitative estimate of drug-likeness (QED) is 0.736. The van der Waals surface area contributed by atoms with Crippen LogP contribution in [0.5, 0.6) is 0 Å². The summed E-state index contributed by atoms with van der Waals surface area (Å²) in [5.74, 6) is -0.350. The highest BCUT2D eigenvalue weighted by Gasteiger charge is 2.33. The van der Waals surface area contributed by atoms with Crippen molar-refractivity contribution in [3.63, 3.8) is 0 Å². The van der Waals surface area contributed by atoms with Gasteiger partial charge in [-0.15, -0.1) is 12.4 Å². The molecule has 1 aromatic rings. The Bertz CT molecular complexity index is 484. The van der Waals surface area contributed by atoms with Crippen molar-refractivity contribution in [2.24, 2.45) is 5.73 Å². The monoisotopic (exact) mass is 327 g/mol. The van der Waals surface area contributed by atoms with Gasteiger partial charge in [0.1, 0.15) is 12.6 Å². The first-order valence-corrected chi connectivity index (χ1v) is 7.11. The zero-order valence-corrected chi connectivity index (χ0v) is 13.2. The summed E-state index contributed by atoms with van der Waals surface area (Å²) < 4.78 is 5.21. The number of nitrogens with two attached hydrogens (primary N) is 1. The minimum absolute atomic E-state index is 0. The number of morpholine rings is 1. The number of amides is 2. The smallest absolute Gasteiger partial charge is 0.249 e. The molecule has 0 aliphatic carbocycles. The average Bonchev–Trinajstić information content (AvgIpc) is 2.50. The van der Waals surface area contributed by atoms with Gasteiger partial charge in [0, 0.05) is 13.1 Å². The molecule has 1 atom stereocenters. The third kappa shape index (κ3) is 4.98. The van der Waals surface area contributed by atoms with Crippen molar-refractivity contribution < 1.29 is 14.3 Å². The van der Waals surface area contributed by atoms with E-state index in [1.54, 1.807) is 4.90 Å². The van der Waals surface area contributed by atoms with Crippen LogP contribution in [-0.4, -0.2) is 49.1 Å². The Hall–Kier alpha value is -1.63. The first-order chi connectivity index (χ1) is 10.2. The summed E-state index contributed by atoms with van der Waals surface area (Å²) >= 11 is 0. The van der Waals surface area contributed by atoms with Crippen LogP contribution in [0.4, 0.5) is 0 Å². The molecular formula is C15H22ClN3O3. The Kier molecular flexibility index (Phi) is 7.87. The average molecular weight is 328 g/mol. The SMILES string of the molecule is Cl.NCCCNC(=O)[C@H]1COCC(=O)N1Cc1ccccc1. The minimum Gasteiger partial charge on any atom is -0.369 e. The van der Waals surface area contributed by atoms with Gasteiger partial charge < -0.3 is 20.7 Å². The fourth-order valence-electron chi connectivity index (χ4n) is 2.23. The number of halogens is 1. The van der Waals surface area contributed by atoms with Crippen LogP contribution in [0.1, 0.15) is 12.0 Å². The number of benzene rings is 1. The number of hydrogen-bond acceptors (Lipinski definition) is 4. The molecule has 3 N–H and O–H groups in total. The Balaban J connectivity index is 0.00000242. The Morgan fingerprint density at radius 1 is 1.36 bits per heavy atom. The Morgan fingerprint density at radius 3 is 2.77 bits per heavy atom. The lowest BCUT2D eigenvalue weighted by atomic mass is 10.1. The molecule has 0 spiro atoms. The van der Waals surface area contributed by atoms with Crippen molar-refractivity contribution in [1.29, 1.82) is 0 Å². The molecule has 0 saturated carbocycles. The predicted molar refractivity (Wildman–Crippen MR) is 85.5 cm³/mol. The van der Waals surface area contributed by atoms with Gasteiger partial charge in [-0.3, -0.25) is 9.59 Å². The van der Waals surface area contributed by atoms with Gasteiger partial charge in [-0.25, -0.2) is 0 Å². The number of carbonyl (C=O) groups excluding carboxylic acids is 2. The van der Waals surface area contributed by atoms with Crippen LogP contribution in [0.15, 0.2) is 30.3 Å². The van der Waals surface area contributed by atoms with Gasteiger partial charge in [-0.2, -0.15) is 0 Å². The molecule has 1 aromatic carbocycles. The molecule has 2 amide bonds. The number of ether oxygens (including phenoxy) is 1. The summed E-state index contributed by atoms with van der Waals surface area (Å²) in [7, 11) is 0. The molecule has 1 saturated heterocycles. The van der Waals surface area contributed by atoms with E-state index in [4.69, 9.17) is 10.5 Å². The maximum absolute atomic E-state index is 12.2. The number of hydrogen-bond donors (Lipinski definition) is 2. The highest BCUT2D eigenvalue weighted by Crippen LogP contribution is 2.13. The van der Waals surface area contributed by atoms with E-state index >= 15 is 0 Å².